The molecule has 0 aromatic heterocycles. The fraction of sp³-hybridized carbons (Fsp3) is 0.853. The van der Waals surface area contributed by atoms with Crippen molar-refractivity contribution in [1.29, 1.82) is 0 Å². The zero-order valence-electron chi connectivity index (χ0n) is 57.6. The van der Waals surface area contributed by atoms with E-state index in [1.54, 1.807) is 62.3 Å². The minimum absolute atomic E-state index is 0.00694. The fourth-order valence-corrected chi connectivity index (χ4v) is 4.55. The van der Waals surface area contributed by atoms with Crippen LogP contribution in [0.4, 0.5) is 43.9 Å². The lowest BCUT2D eigenvalue weighted by molar-refractivity contribution is -0.152. The van der Waals surface area contributed by atoms with Crippen LogP contribution in [-0.4, -0.2) is 31.0 Å². The van der Waals surface area contributed by atoms with E-state index in [-0.39, 0.29) is 35.5 Å². The van der Waals surface area contributed by atoms with E-state index in [1.165, 1.54) is 24.8 Å². The van der Waals surface area contributed by atoms with Gasteiger partial charge in [-0.2, -0.15) is 39.0 Å². The van der Waals surface area contributed by atoms with Crippen LogP contribution in [0.25, 0.3) is 0 Å². The van der Waals surface area contributed by atoms with Crippen LogP contribution in [0.15, 0.2) is 43.0 Å². The first-order chi connectivity index (χ1) is 34.2. The number of benzene rings is 1. The van der Waals surface area contributed by atoms with E-state index in [2.05, 4.69) is 194 Å². The van der Waals surface area contributed by atoms with E-state index < -0.39 is 43.5 Å². The molecule has 0 spiro atoms. The highest BCUT2D eigenvalue weighted by atomic mass is 32.1. The molecule has 0 atom stereocenters. The van der Waals surface area contributed by atoms with Crippen molar-refractivity contribution >= 4 is 12.6 Å². The summed E-state index contributed by atoms with van der Waals surface area (Å²) in [6, 6.07) is 10.6. The Bertz CT molecular complexity index is 1470. The Hall–Kier alpha value is -1.83. The zero-order chi connectivity index (χ0) is 66.2. The van der Waals surface area contributed by atoms with E-state index in [9.17, 15) is 43.9 Å². The van der Waals surface area contributed by atoms with Gasteiger partial charge in [0.1, 0.15) is 0 Å². The van der Waals surface area contributed by atoms with Crippen LogP contribution < -0.4 is 0 Å². The molecular weight excluding hydrogens is 1040 g/mol. The van der Waals surface area contributed by atoms with Crippen LogP contribution >= 0.6 is 12.6 Å². The van der Waals surface area contributed by atoms with Crippen molar-refractivity contribution in [3.05, 3.63) is 48.6 Å². The van der Waals surface area contributed by atoms with Crippen molar-refractivity contribution in [3.8, 4) is 12.3 Å². The molecule has 0 nitrogen and oxygen atoms in total. The lowest BCUT2D eigenvalue weighted by atomic mass is 9.87. The average Bonchev–Trinajstić information content (AvgIpc) is 3.13. The van der Waals surface area contributed by atoms with E-state index in [1.807, 2.05) is 26.8 Å². The van der Waals surface area contributed by atoms with Crippen LogP contribution in [-0.2, 0) is 5.41 Å². The Kier molecular flexibility index (Phi) is 54.5. The van der Waals surface area contributed by atoms with Gasteiger partial charge in [0, 0.05) is 32.1 Å². The smallest absolute Gasteiger partial charge is 0.211 e. The van der Waals surface area contributed by atoms with Gasteiger partial charge in [0.25, 0.3) is 0 Å². The highest BCUT2D eigenvalue weighted by molar-refractivity contribution is 7.80. The number of rotatable bonds is 6. The second-order valence-corrected chi connectivity index (χ2v) is 32.5. The Labute approximate surface area is 492 Å². The molecule has 0 unspecified atom stereocenters. The minimum Gasteiger partial charge on any atom is -0.211 e. The third kappa shape index (κ3) is 143. The van der Waals surface area contributed by atoms with Gasteiger partial charge in [-0.1, -0.05) is 271 Å². The number of halogens is 10. The molecule has 1 rings (SSSR count). The number of hydrogen-bond donors (Lipinski definition) is 1. The lowest BCUT2D eigenvalue weighted by Crippen LogP contribution is -2.18. The largest absolute Gasteiger partial charge is 0.389 e. The number of thiol groups is 1. The summed E-state index contributed by atoms with van der Waals surface area (Å²) in [5, 5.41) is 0. The van der Waals surface area contributed by atoms with Crippen molar-refractivity contribution in [1.82, 2.24) is 0 Å². The van der Waals surface area contributed by atoms with E-state index >= 15 is 0 Å². The zero-order valence-corrected chi connectivity index (χ0v) is 58.5. The first-order valence-electron chi connectivity index (χ1n) is 28.6. The maximum absolute atomic E-state index is 11.6. The molecule has 0 heterocycles. The molecule has 480 valence electrons. The number of terminal acetylenes is 1. The average molecular weight is 1170 g/mol. The summed E-state index contributed by atoms with van der Waals surface area (Å²) >= 11 is 4.10. The third-order valence-electron chi connectivity index (χ3n) is 9.33. The van der Waals surface area contributed by atoms with E-state index in [0.29, 0.717) is 38.9 Å². The quantitative estimate of drug-likeness (QED) is 0.125. The Balaban J connectivity index is -0.0000000990. The van der Waals surface area contributed by atoms with Crippen molar-refractivity contribution in [2.24, 2.45) is 48.7 Å². The van der Waals surface area contributed by atoms with Crippen molar-refractivity contribution < 1.29 is 43.9 Å². The highest BCUT2D eigenvalue weighted by Crippen LogP contribution is 2.32. The monoisotopic (exact) mass is 1170 g/mol. The standard InChI is InChI=1S/C10H14.C7H13F3.C7H14F2.C7H16.C7H14.C7H12.C6H11F3.C6H12F2.C6H14.C5H12S/c1-10(2,3)9-7-5-4-6-8-9;1-6(2,3)4-5-7(8,9)10;1-7(2,3)5-4-6(8)9;3*1-5-6-7(2,3)4;1-5(2,3)4-6(7,8)9;1-6(2,3)4-5(7)8;1-5-6(2,3)4;1-5(2,3)4-6/h4-8H,1-3H3;4-5H2,1-3H3;6H,4-5H2,1-3H3;5-6H2,1-4H3;5H,1,6H2,2-4H3;1H,6H2,2-4H3;4H2,1-3H3;5H,4H2,1-3H3;5H2,1-4H3;6H,4H2,1-3H3. The molecular formula is C68H132F10S. The number of hydrogen-bond acceptors (Lipinski definition) is 1. The Morgan fingerprint density at radius 2 is 0.823 bits per heavy atom. The van der Waals surface area contributed by atoms with Crippen molar-refractivity contribution in [2.45, 2.75) is 323 Å². The summed E-state index contributed by atoms with van der Waals surface area (Å²) in [5.74, 6) is 3.57. The molecule has 1 aromatic carbocycles. The normalized spacial score (nSPS) is 12.4. The second kappa shape index (κ2) is 44.7. The van der Waals surface area contributed by atoms with Gasteiger partial charge in [0.05, 0.1) is 0 Å². The molecule has 0 fully saturated rings. The van der Waals surface area contributed by atoms with Crippen LogP contribution in [0.1, 0.15) is 298 Å². The molecule has 0 saturated carbocycles. The van der Waals surface area contributed by atoms with Crippen LogP contribution in [0, 0.1) is 61.1 Å². The third-order valence-corrected chi connectivity index (χ3v) is 10.3. The fourth-order valence-electron chi connectivity index (χ4n) is 4.55. The summed E-state index contributed by atoms with van der Waals surface area (Å²) in [4.78, 5) is 0. The van der Waals surface area contributed by atoms with Gasteiger partial charge < -0.3 is 0 Å². The molecule has 0 amide bonds. The van der Waals surface area contributed by atoms with Gasteiger partial charge in [-0.15, -0.1) is 18.9 Å². The number of allylic oxidation sites excluding steroid dienone is 1. The molecule has 0 aliphatic rings. The van der Waals surface area contributed by atoms with Crippen LogP contribution in [0.5, 0.6) is 0 Å². The van der Waals surface area contributed by atoms with Gasteiger partial charge >= 0.3 is 12.4 Å². The van der Waals surface area contributed by atoms with E-state index in [4.69, 9.17) is 6.42 Å². The molecule has 0 radical (unpaired) electrons. The van der Waals surface area contributed by atoms with Gasteiger partial charge in [0.15, 0.2) is 0 Å². The van der Waals surface area contributed by atoms with Crippen molar-refractivity contribution in [2.75, 3.05) is 5.75 Å². The molecule has 1 aromatic rings. The topological polar surface area (TPSA) is 0 Å². The molecule has 0 saturated heterocycles. The first kappa shape index (κ1) is 96.3. The lowest BCUT2D eigenvalue weighted by Gasteiger charge is -2.19. The summed E-state index contributed by atoms with van der Waals surface area (Å²) in [5.41, 5.74) is 2.91. The molecule has 0 aliphatic heterocycles. The first-order valence-corrected chi connectivity index (χ1v) is 29.2. The maximum Gasteiger partial charge on any atom is 0.389 e. The maximum atomic E-state index is 11.6. The molecule has 79 heavy (non-hydrogen) atoms. The Morgan fingerprint density at radius 3 is 0.886 bits per heavy atom. The van der Waals surface area contributed by atoms with Crippen LogP contribution in [0.2, 0.25) is 0 Å². The predicted octanol–water partition coefficient (Wildman–Crippen LogP) is 27.0. The highest BCUT2D eigenvalue weighted by Gasteiger charge is 2.33. The van der Waals surface area contributed by atoms with Gasteiger partial charge in [-0.3, -0.25) is 0 Å². The SMILES string of the molecule is C#CCC(C)(C)C.C=CCC(C)(C)C.CC(C)(C)CC(F)(F)F.CC(C)(C)CC(F)F.CC(C)(C)CCC(F)(F)F.CC(C)(C)CCC(F)F.CC(C)(C)CS.CC(C)(C)c1ccccc1.CCC(C)(C)C.CCCC(C)(C)C. The summed E-state index contributed by atoms with van der Waals surface area (Å²) in [7, 11) is 0. The van der Waals surface area contributed by atoms with Crippen LogP contribution in [0.3, 0.4) is 0 Å². The van der Waals surface area contributed by atoms with E-state index in [0.717, 1.165) is 18.6 Å². The summed E-state index contributed by atoms with van der Waals surface area (Å²) in [6.07, 6.45) is 0.0671. The van der Waals surface area contributed by atoms with Gasteiger partial charge in [0.2, 0.25) is 12.9 Å². The predicted molar refractivity (Wildman–Crippen MR) is 339 cm³/mol. The molecule has 0 bridgehead atoms. The summed E-state index contributed by atoms with van der Waals surface area (Å²) in [6.45, 7) is 69.3. The van der Waals surface area contributed by atoms with Crippen molar-refractivity contribution in [3.63, 3.8) is 0 Å². The number of alkyl halides is 10. The Morgan fingerprint density at radius 1 is 0.468 bits per heavy atom. The second-order valence-electron chi connectivity index (χ2n) is 32.2. The molecule has 11 heteroatoms. The minimum atomic E-state index is -4.02. The molecule has 0 N–H and O–H groups in total. The van der Waals surface area contributed by atoms with Gasteiger partial charge in [-0.05, 0) is 91.1 Å². The molecule has 0 aliphatic carbocycles. The summed E-state index contributed by atoms with van der Waals surface area (Å²) < 4.78 is 116. The van der Waals surface area contributed by atoms with Gasteiger partial charge in [-0.25, -0.2) is 17.6 Å².